The quantitative estimate of drug-likeness (QED) is 0.782. The fourth-order valence-electron chi connectivity index (χ4n) is 3.01. The van der Waals surface area contributed by atoms with E-state index in [0.29, 0.717) is 6.42 Å². The van der Waals surface area contributed by atoms with Crippen LogP contribution in [0.2, 0.25) is 0 Å². The Morgan fingerprint density at radius 3 is 2.26 bits per heavy atom. The highest BCUT2D eigenvalue weighted by molar-refractivity contribution is 7.91. The summed E-state index contributed by atoms with van der Waals surface area (Å²) >= 11 is 0. The Bertz CT molecular complexity index is 782. The molecule has 3 rings (SSSR count). The van der Waals surface area contributed by atoms with E-state index < -0.39 is 39.6 Å². The van der Waals surface area contributed by atoms with Gasteiger partial charge in [0.2, 0.25) is 5.91 Å². The van der Waals surface area contributed by atoms with E-state index in [1.807, 2.05) is 0 Å². The Balaban J connectivity index is 1.70. The van der Waals surface area contributed by atoms with Crippen LogP contribution >= 0.6 is 0 Å². The Morgan fingerprint density at radius 1 is 1.22 bits per heavy atom. The van der Waals surface area contributed by atoms with Crippen molar-refractivity contribution in [2.45, 2.75) is 18.9 Å². The topological polar surface area (TPSA) is 101 Å². The number of nitrogens with one attached hydrogen (secondary N) is 1. The fraction of sp³-hybridized carbons (Fsp3) is 0.400. The van der Waals surface area contributed by atoms with Crippen LogP contribution in [0.4, 0.5) is 0 Å². The maximum Gasteiger partial charge on any atom is 0.262 e. The van der Waals surface area contributed by atoms with Crippen molar-refractivity contribution in [1.29, 1.82) is 0 Å². The number of amides is 3. The molecule has 1 atom stereocenters. The van der Waals surface area contributed by atoms with Gasteiger partial charge in [0.25, 0.3) is 11.8 Å². The molecule has 23 heavy (non-hydrogen) atoms. The molecule has 8 heteroatoms. The summed E-state index contributed by atoms with van der Waals surface area (Å²) in [7, 11) is -3.15. The molecule has 3 amide bonds. The largest absolute Gasteiger partial charge is 0.348 e. The van der Waals surface area contributed by atoms with Crippen LogP contribution in [-0.2, 0) is 14.6 Å². The van der Waals surface area contributed by atoms with Crippen LogP contribution in [0.3, 0.4) is 0 Å². The molecule has 0 aliphatic carbocycles. The van der Waals surface area contributed by atoms with Gasteiger partial charge < -0.3 is 5.32 Å². The number of nitrogens with zero attached hydrogens (tertiary/aromatic N) is 1. The number of carbonyl (C=O) groups excluding carboxylic acids is 3. The van der Waals surface area contributed by atoms with Crippen LogP contribution in [-0.4, -0.2) is 54.6 Å². The Labute approximate surface area is 133 Å². The smallest absolute Gasteiger partial charge is 0.262 e. The van der Waals surface area contributed by atoms with E-state index in [1.54, 1.807) is 31.2 Å². The van der Waals surface area contributed by atoms with Crippen molar-refractivity contribution in [3.05, 3.63) is 35.4 Å². The number of hydrogen-bond donors (Lipinski definition) is 1. The van der Waals surface area contributed by atoms with Gasteiger partial charge in [-0.25, -0.2) is 8.42 Å². The zero-order valence-corrected chi connectivity index (χ0v) is 13.4. The van der Waals surface area contributed by atoms with Crippen LogP contribution in [0.15, 0.2) is 24.3 Å². The first-order valence-corrected chi connectivity index (χ1v) is 9.00. The summed E-state index contributed by atoms with van der Waals surface area (Å²) in [5.41, 5.74) is -0.297. The molecule has 0 bridgehead atoms. The number of rotatable bonds is 3. The summed E-state index contributed by atoms with van der Waals surface area (Å²) in [4.78, 5) is 37.4. The van der Waals surface area contributed by atoms with E-state index >= 15 is 0 Å². The van der Waals surface area contributed by atoms with Crippen molar-refractivity contribution < 1.29 is 22.8 Å². The Kier molecular flexibility index (Phi) is 3.51. The lowest BCUT2D eigenvalue weighted by atomic mass is 10.0. The molecule has 2 aliphatic rings. The lowest BCUT2D eigenvalue weighted by Gasteiger charge is -2.25. The monoisotopic (exact) mass is 336 g/mol. The van der Waals surface area contributed by atoms with Crippen LogP contribution in [0.25, 0.3) is 0 Å². The number of imide groups is 1. The van der Waals surface area contributed by atoms with Crippen LogP contribution in [0, 0.1) is 0 Å². The Morgan fingerprint density at radius 2 is 1.78 bits per heavy atom. The molecular formula is C15H16N2O5S. The molecule has 7 nitrogen and oxygen atoms in total. The van der Waals surface area contributed by atoms with Crippen molar-refractivity contribution in [3.8, 4) is 0 Å². The predicted octanol–water partition coefficient (Wildman–Crippen LogP) is -0.0240. The van der Waals surface area contributed by atoms with Gasteiger partial charge in [-0.15, -0.1) is 0 Å². The molecule has 1 N–H and O–H groups in total. The van der Waals surface area contributed by atoms with E-state index in [-0.39, 0.29) is 22.6 Å². The second-order valence-corrected chi connectivity index (χ2v) is 8.38. The molecule has 122 valence electrons. The predicted molar refractivity (Wildman–Crippen MR) is 81.6 cm³/mol. The summed E-state index contributed by atoms with van der Waals surface area (Å²) in [6, 6.07) is 6.38. The zero-order valence-electron chi connectivity index (χ0n) is 12.5. The van der Waals surface area contributed by atoms with E-state index in [2.05, 4.69) is 5.32 Å². The fourth-order valence-corrected chi connectivity index (χ4v) is 5.10. The van der Waals surface area contributed by atoms with Crippen LogP contribution in [0.1, 0.15) is 34.1 Å². The second kappa shape index (κ2) is 5.16. The van der Waals surface area contributed by atoms with E-state index in [1.165, 1.54) is 0 Å². The first kappa shape index (κ1) is 15.7. The molecule has 0 unspecified atom stereocenters. The third kappa shape index (κ3) is 2.86. The van der Waals surface area contributed by atoms with Crippen LogP contribution in [0.5, 0.6) is 0 Å². The van der Waals surface area contributed by atoms with Gasteiger partial charge >= 0.3 is 0 Å². The van der Waals surface area contributed by atoms with Gasteiger partial charge in [-0.2, -0.15) is 0 Å². The second-order valence-electron chi connectivity index (χ2n) is 6.19. The van der Waals surface area contributed by atoms with Gasteiger partial charge in [0.15, 0.2) is 9.84 Å². The lowest BCUT2D eigenvalue weighted by molar-refractivity contribution is -0.122. The molecule has 0 spiro atoms. The van der Waals surface area contributed by atoms with Gasteiger partial charge in [0.05, 0.1) is 28.2 Å². The van der Waals surface area contributed by atoms with Crippen molar-refractivity contribution in [2.75, 3.05) is 18.1 Å². The average Bonchev–Trinajstić information content (AvgIpc) is 2.88. The maximum absolute atomic E-state index is 12.2. The van der Waals surface area contributed by atoms with E-state index in [4.69, 9.17) is 0 Å². The highest BCUT2D eigenvalue weighted by atomic mass is 32.2. The lowest BCUT2D eigenvalue weighted by Crippen LogP contribution is -2.51. The molecule has 1 aromatic carbocycles. The van der Waals surface area contributed by atoms with E-state index in [0.717, 1.165) is 4.90 Å². The minimum Gasteiger partial charge on any atom is -0.348 e. The SMILES string of the molecule is C[C@@]1(NC(=O)CN2C(=O)c3ccccc3C2=O)CCS(=O)(=O)C1. The first-order valence-electron chi connectivity index (χ1n) is 7.17. The van der Waals surface area contributed by atoms with Crippen molar-refractivity contribution in [2.24, 2.45) is 0 Å². The minimum absolute atomic E-state index is 0.0246. The summed E-state index contributed by atoms with van der Waals surface area (Å²) in [5.74, 6) is -1.67. The van der Waals surface area contributed by atoms with E-state index in [9.17, 15) is 22.8 Å². The molecule has 0 radical (unpaired) electrons. The number of fused-ring (bicyclic) bond motifs is 1. The molecule has 2 heterocycles. The third-order valence-corrected chi connectivity index (χ3v) is 6.03. The van der Waals surface area contributed by atoms with Gasteiger partial charge in [-0.05, 0) is 25.5 Å². The van der Waals surface area contributed by atoms with Crippen LogP contribution < -0.4 is 5.32 Å². The molecule has 0 saturated carbocycles. The summed E-state index contributed by atoms with van der Waals surface area (Å²) in [6.07, 6.45) is 0.323. The van der Waals surface area contributed by atoms with Gasteiger partial charge in [0, 0.05) is 0 Å². The molecule has 1 aromatic rings. The first-order chi connectivity index (χ1) is 10.7. The summed E-state index contributed by atoms with van der Waals surface area (Å²) in [6.45, 7) is 1.24. The molecule has 2 aliphatic heterocycles. The third-order valence-electron chi connectivity index (χ3n) is 4.12. The highest BCUT2D eigenvalue weighted by Crippen LogP contribution is 2.24. The average molecular weight is 336 g/mol. The number of sulfone groups is 1. The number of benzene rings is 1. The highest BCUT2D eigenvalue weighted by Gasteiger charge is 2.41. The van der Waals surface area contributed by atoms with Crippen molar-refractivity contribution >= 4 is 27.6 Å². The normalized spacial score (nSPS) is 25.5. The number of carbonyl (C=O) groups is 3. The van der Waals surface area contributed by atoms with Crippen molar-refractivity contribution in [1.82, 2.24) is 10.2 Å². The van der Waals surface area contributed by atoms with Gasteiger partial charge in [-0.1, -0.05) is 12.1 Å². The van der Waals surface area contributed by atoms with Gasteiger partial charge in [-0.3, -0.25) is 19.3 Å². The minimum atomic E-state index is -3.15. The number of hydrogen-bond acceptors (Lipinski definition) is 5. The zero-order chi connectivity index (χ0) is 16.8. The maximum atomic E-state index is 12.2. The Hall–Kier alpha value is -2.22. The van der Waals surface area contributed by atoms with Crippen molar-refractivity contribution in [3.63, 3.8) is 0 Å². The summed E-state index contributed by atoms with van der Waals surface area (Å²) in [5, 5.41) is 2.64. The molecular weight excluding hydrogens is 320 g/mol. The molecule has 1 saturated heterocycles. The molecule has 0 aromatic heterocycles. The summed E-state index contributed by atoms with van der Waals surface area (Å²) < 4.78 is 23.1. The standard InChI is InChI=1S/C15H16N2O5S/c1-15(6-7-23(21,22)9-15)16-12(18)8-17-13(19)10-4-2-3-5-11(10)14(17)20/h2-5H,6-9H2,1H3,(H,16,18)/t15-/m1/s1. The van der Waals surface area contributed by atoms with Gasteiger partial charge in [0.1, 0.15) is 6.54 Å². The molecule has 1 fully saturated rings.